The Balaban J connectivity index is 0.00000176. The number of halogens is 1. The first-order valence-electron chi connectivity index (χ1n) is 8.45. The lowest BCUT2D eigenvalue weighted by Gasteiger charge is -2.33. The number of amides is 2. The molecular weight excluding hydrogens is 302 g/mol. The second-order valence-corrected chi connectivity index (χ2v) is 6.95. The van der Waals surface area contributed by atoms with Crippen LogP contribution < -0.4 is 10.6 Å². The monoisotopic (exact) mass is 329 g/mol. The molecule has 2 heterocycles. The van der Waals surface area contributed by atoms with Crippen LogP contribution in [0.1, 0.15) is 45.4 Å². The van der Waals surface area contributed by atoms with Crippen LogP contribution >= 0.6 is 12.4 Å². The van der Waals surface area contributed by atoms with E-state index in [1.807, 2.05) is 11.8 Å². The van der Waals surface area contributed by atoms with E-state index in [4.69, 9.17) is 0 Å². The van der Waals surface area contributed by atoms with Gasteiger partial charge in [-0.15, -0.1) is 12.4 Å². The summed E-state index contributed by atoms with van der Waals surface area (Å²) in [5, 5.41) is 6.30. The Morgan fingerprint density at radius 3 is 2.55 bits per heavy atom. The van der Waals surface area contributed by atoms with Gasteiger partial charge in [-0.3, -0.25) is 9.59 Å². The van der Waals surface area contributed by atoms with E-state index in [1.54, 1.807) is 0 Å². The fourth-order valence-electron chi connectivity index (χ4n) is 3.79. The van der Waals surface area contributed by atoms with Crippen molar-refractivity contribution in [3.05, 3.63) is 0 Å². The zero-order chi connectivity index (χ0) is 14.8. The van der Waals surface area contributed by atoms with Crippen LogP contribution in [0, 0.1) is 11.8 Å². The van der Waals surface area contributed by atoms with E-state index in [0.29, 0.717) is 24.9 Å². The van der Waals surface area contributed by atoms with Crippen molar-refractivity contribution in [1.82, 2.24) is 15.5 Å². The average Bonchev–Trinajstić information content (AvgIpc) is 2.78. The van der Waals surface area contributed by atoms with Gasteiger partial charge in [-0.2, -0.15) is 0 Å². The van der Waals surface area contributed by atoms with Crippen LogP contribution in [0.2, 0.25) is 0 Å². The van der Waals surface area contributed by atoms with Crippen molar-refractivity contribution in [3.63, 3.8) is 0 Å². The molecule has 3 rings (SSSR count). The highest BCUT2D eigenvalue weighted by Gasteiger charge is 2.37. The molecule has 3 aliphatic rings. The minimum atomic E-state index is 0. The maximum Gasteiger partial charge on any atom is 0.225 e. The van der Waals surface area contributed by atoms with Crippen LogP contribution in [0.5, 0.6) is 0 Å². The molecule has 22 heavy (non-hydrogen) atoms. The summed E-state index contributed by atoms with van der Waals surface area (Å²) in [6.07, 6.45) is 6.52. The van der Waals surface area contributed by atoms with Crippen molar-refractivity contribution >= 4 is 24.2 Å². The molecule has 5 nitrogen and oxygen atoms in total. The smallest absolute Gasteiger partial charge is 0.225 e. The Morgan fingerprint density at radius 1 is 1.27 bits per heavy atom. The zero-order valence-electron chi connectivity index (χ0n) is 13.3. The molecule has 0 aromatic heterocycles. The molecule has 0 aromatic carbocycles. The normalized spacial score (nSPS) is 28.0. The van der Waals surface area contributed by atoms with Gasteiger partial charge in [-0.1, -0.05) is 26.2 Å². The van der Waals surface area contributed by atoms with E-state index in [2.05, 4.69) is 10.6 Å². The molecule has 0 radical (unpaired) electrons. The minimum absolute atomic E-state index is 0. The Labute approximate surface area is 139 Å². The quantitative estimate of drug-likeness (QED) is 0.817. The molecule has 2 aliphatic heterocycles. The van der Waals surface area contributed by atoms with Gasteiger partial charge < -0.3 is 15.5 Å². The van der Waals surface area contributed by atoms with E-state index in [-0.39, 0.29) is 36.2 Å². The lowest BCUT2D eigenvalue weighted by molar-refractivity contribution is -0.130. The maximum absolute atomic E-state index is 12.3. The highest BCUT2D eigenvalue weighted by atomic mass is 35.5. The number of hydrogen-bond acceptors (Lipinski definition) is 3. The molecule has 2 N–H and O–H groups in total. The second-order valence-electron chi connectivity index (χ2n) is 6.95. The Morgan fingerprint density at radius 2 is 1.95 bits per heavy atom. The summed E-state index contributed by atoms with van der Waals surface area (Å²) >= 11 is 0. The van der Waals surface area contributed by atoms with Crippen molar-refractivity contribution in [2.45, 2.75) is 57.5 Å². The fraction of sp³-hybridized carbons (Fsp3) is 0.875. The van der Waals surface area contributed by atoms with Crippen LogP contribution in [0.4, 0.5) is 0 Å². The van der Waals surface area contributed by atoms with Gasteiger partial charge in [-0.05, 0) is 31.8 Å². The first-order valence-corrected chi connectivity index (χ1v) is 8.45. The number of nitrogens with one attached hydrogen (secondary N) is 2. The number of carbonyl (C=O) groups is 2. The minimum Gasteiger partial charge on any atom is -0.351 e. The number of carbonyl (C=O) groups excluding carboxylic acids is 2. The van der Waals surface area contributed by atoms with E-state index >= 15 is 0 Å². The van der Waals surface area contributed by atoms with Gasteiger partial charge in [0.25, 0.3) is 0 Å². The van der Waals surface area contributed by atoms with E-state index < -0.39 is 0 Å². The summed E-state index contributed by atoms with van der Waals surface area (Å²) in [6.45, 7) is 4.58. The average molecular weight is 330 g/mol. The zero-order valence-corrected chi connectivity index (χ0v) is 14.2. The van der Waals surface area contributed by atoms with Gasteiger partial charge in [0.15, 0.2) is 0 Å². The number of hydrogen-bond donors (Lipinski definition) is 2. The van der Waals surface area contributed by atoms with E-state index in [9.17, 15) is 9.59 Å². The molecular formula is C16H28ClN3O2. The van der Waals surface area contributed by atoms with E-state index in [1.165, 1.54) is 19.3 Å². The van der Waals surface area contributed by atoms with Crippen LogP contribution in [0.3, 0.4) is 0 Å². The predicted octanol–water partition coefficient (Wildman–Crippen LogP) is 1.31. The number of rotatable bonds is 4. The summed E-state index contributed by atoms with van der Waals surface area (Å²) in [5.41, 5.74) is 0. The van der Waals surface area contributed by atoms with Gasteiger partial charge >= 0.3 is 0 Å². The van der Waals surface area contributed by atoms with Crippen molar-refractivity contribution in [2.24, 2.45) is 11.8 Å². The van der Waals surface area contributed by atoms with Crippen molar-refractivity contribution in [3.8, 4) is 0 Å². The SMILES string of the molecule is CC(C(=O)NC1CC(=O)N(C2CCCCC2)C1)C1CNC1.Cl. The van der Waals surface area contributed by atoms with Gasteiger partial charge in [0, 0.05) is 24.9 Å². The Bertz CT molecular complexity index is 408. The number of nitrogens with zero attached hydrogens (tertiary/aromatic N) is 1. The number of likely N-dealkylation sites (tertiary alicyclic amines) is 1. The summed E-state index contributed by atoms with van der Waals surface area (Å²) in [5.74, 6) is 0.844. The Hall–Kier alpha value is -0.810. The van der Waals surface area contributed by atoms with Crippen LogP contribution in [-0.2, 0) is 9.59 Å². The van der Waals surface area contributed by atoms with Crippen LogP contribution in [-0.4, -0.2) is 48.4 Å². The molecule has 0 spiro atoms. The van der Waals surface area contributed by atoms with Gasteiger partial charge in [0.05, 0.1) is 6.04 Å². The standard InChI is InChI=1S/C16H27N3O2.ClH/c1-11(12-8-17-9-12)16(21)18-13-7-15(20)19(10-13)14-5-3-2-4-6-14;/h11-14,17H,2-10H2,1H3,(H,18,21);1H. The maximum atomic E-state index is 12.3. The fourth-order valence-corrected chi connectivity index (χ4v) is 3.79. The molecule has 0 bridgehead atoms. The Kier molecular flexibility index (Phi) is 6.09. The molecule has 2 atom stereocenters. The second kappa shape index (κ2) is 7.64. The van der Waals surface area contributed by atoms with Gasteiger partial charge in [-0.25, -0.2) is 0 Å². The molecule has 3 fully saturated rings. The summed E-state index contributed by atoms with van der Waals surface area (Å²) in [4.78, 5) is 26.5. The predicted molar refractivity (Wildman–Crippen MR) is 87.9 cm³/mol. The molecule has 6 heteroatoms. The third kappa shape index (κ3) is 3.74. The molecule has 1 saturated carbocycles. The molecule has 126 valence electrons. The topological polar surface area (TPSA) is 61.4 Å². The van der Waals surface area contributed by atoms with E-state index in [0.717, 1.165) is 25.9 Å². The summed E-state index contributed by atoms with van der Waals surface area (Å²) in [6, 6.07) is 0.434. The lowest BCUT2D eigenvalue weighted by Crippen LogP contribution is -2.51. The lowest BCUT2D eigenvalue weighted by atomic mass is 9.88. The third-order valence-corrected chi connectivity index (χ3v) is 5.45. The molecule has 2 amide bonds. The third-order valence-electron chi connectivity index (χ3n) is 5.45. The molecule has 2 saturated heterocycles. The molecule has 1 aliphatic carbocycles. The van der Waals surface area contributed by atoms with Crippen molar-refractivity contribution in [1.29, 1.82) is 0 Å². The van der Waals surface area contributed by atoms with Crippen molar-refractivity contribution in [2.75, 3.05) is 19.6 Å². The summed E-state index contributed by atoms with van der Waals surface area (Å²) < 4.78 is 0. The first kappa shape index (κ1) is 17.5. The van der Waals surface area contributed by atoms with Gasteiger partial charge in [0.2, 0.25) is 11.8 Å². The molecule has 2 unspecified atom stereocenters. The van der Waals surface area contributed by atoms with Crippen LogP contribution in [0.25, 0.3) is 0 Å². The molecule has 0 aromatic rings. The first-order chi connectivity index (χ1) is 10.1. The van der Waals surface area contributed by atoms with Crippen LogP contribution in [0.15, 0.2) is 0 Å². The highest BCUT2D eigenvalue weighted by molar-refractivity contribution is 5.85. The highest BCUT2D eigenvalue weighted by Crippen LogP contribution is 2.26. The van der Waals surface area contributed by atoms with Crippen molar-refractivity contribution < 1.29 is 9.59 Å². The largest absolute Gasteiger partial charge is 0.351 e. The van der Waals surface area contributed by atoms with Gasteiger partial charge in [0.1, 0.15) is 0 Å². The summed E-state index contributed by atoms with van der Waals surface area (Å²) in [7, 11) is 0.